The molecule has 1 fully saturated rings. The molecule has 2 nitrogen and oxygen atoms in total. The van der Waals surface area contributed by atoms with Crippen LogP contribution in [0.5, 0.6) is 0 Å². The number of nitrogen functional groups attached to an aromatic ring is 1. The first-order chi connectivity index (χ1) is 8.68. The molecule has 2 heteroatoms. The quantitative estimate of drug-likeness (QED) is 0.812. The Labute approximate surface area is 111 Å². The number of nitrogens with zero attached hydrogens (tertiary/aromatic N) is 1. The number of anilines is 2. The van der Waals surface area contributed by atoms with Crippen molar-refractivity contribution in [2.45, 2.75) is 52.0 Å². The highest BCUT2D eigenvalue weighted by Crippen LogP contribution is 2.31. The third-order valence-electron chi connectivity index (χ3n) is 3.82. The minimum absolute atomic E-state index is 0.673. The number of rotatable bonds is 4. The van der Waals surface area contributed by atoms with E-state index in [0.29, 0.717) is 12.0 Å². The van der Waals surface area contributed by atoms with Crippen LogP contribution in [0.15, 0.2) is 24.3 Å². The predicted octanol–water partition coefficient (Wildman–Crippen LogP) is 4.06. The standard InChI is InChI=1S/C16H26N2/c1-13(2)12-18(14-8-4-3-5-9-14)16-11-7-6-10-15(16)17/h6-7,10-11,13-14H,3-5,8-9,12,17H2,1-2H3. The molecule has 100 valence electrons. The van der Waals surface area contributed by atoms with Gasteiger partial charge in [-0.05, 0) is 30.9 Å². The Hall–Kier alpha value is -1.18. The van der Waals surface area contributed by atoms with Crippen LogP contribution in [0.3, 0.4) is 0 Å². The second-order valence-electron chi connectivity index (χ2n) is 5.90. The van der Waals surface area contributed by atoms with E-state index in [4.69, 9.17) is 5.73 Å². The maximum absolute atomic E-state index is 6.16. The van der Waals surface area contributed by atoms with Gasteiger partial charge >= 0.3 is 0 Å². The summed E-state index contributed by atoms with van der Waals surface area (Å²) < 4.78 is 0. The summed E-state index contributed by atoms with van der Waals surface area (Å²) in [6, 6.07) is 9.00. The Bertz CT molecular complexity index is 367. The molecule has 2 rings (SSSR count). The molecule has 0 unspecified atom stereocenters. The van der Waals surface area contributed by atoms with Crippen molar-refractivity contribution < 1.29 is 0 Å². The van der Waals surface area contributed by atoms with Crippen LogP contribution in [0.4, 0.5) is 11.4 Å². The molecule has 1 aliphatic carbocycles. The van der Waals surface area contributed by atoms with Gasteiger partial charge in [-0.25, -0.2) is 0 Å². The third kappa shape index (κ3) is 3.18. The Morgan fingerprint density at radius 2 is 1.83 bits per heavy atom. The van der Waals surface area contributed by atoms with Gasteiger partial charge in [-0.1, -0.05) is 45.2 Å². The lowest BCUT2D eigenvalue weighted by atomic mass is 9.93. The van der Waals surface area contributed by atoms with Gasteiger partial charge in [0.25, 0.3) is 0 Å². The van der Waals surface area contributed by atoms with E-state index in [-0.39, 0.29) is 0 Å². The van der Waals surface area contributed by atoms with Gasteiger partial charge in [0.1, 0.15) is 0 Å². The molecular weight excluding hydrogens is 220 g/mol. The van der Waals surface area contributed by atoms with E-state index in [0.717, 1.165) is 12.2 Å². The molecule has 0 heterocycles. The summed E-state index contributed by atoms with van der Waals surface area (Å²) in [5.41, 5.74) is 8.32. The van der Waals surface area contributed by atoms with Crippen LogP contribution < -0.4 is 10.6 Å². The summed E-state index contributed by atoms with van der Waals surface area (Å²) in [5, 5.41) is 0. The van der Waals surface area contributed by atoms with E-state index in [2.05, 4.69) is 30.9 Å². The first kappa shape index (κ1) is 13.3. The van der Waals surface area contributed by atoms with Crippen LogP contribution in [0.25, 0.3) is 0 Å². The number of para-hydroxylation sites is 2. The molecule has 0 aliphatic heterocycles. The van der Waals surface area contributed by atoms with E-state index < -0.39 is 0 Å². The maximum atomic E-state index is 6.16. The van der Waals surface area contributed by atoms with Gasteiger partial charge in [-0.2, -0.15) is 0 Å². The van der Waals surface area contributed by atoms with Crippen LogP contribution >= 0.6 is 0 Å². The SMILES string of the molecule is CC(C)CN(c1ccccc1N)C1CCCCC1. The zero-order valence-electron chi connectivity index (χ0n) is 11.7. The van der Waals surface area contributed by atoms with Gasteiger partial charge in [-0.15, -0.1) is 0 Å². The number of benzene rings is 1. The van der Waals surface area contributed by atoms with E-state index in [1.165, 1.54) is 37.8 Å². The molecule has 2 N–H and O–H groups in total. The van der Waals surface area contributed by atoms with Gasteiger partial charge < -0.3 is 10.6 Å². The lowest BCUT2D eigenvalue weighted by Gasteiger charge is -2.38. The van der Waals surface area contributed by atoms with Crippen LogP contribution in [0, 0.1) is 5.92 Å². The molecule has 0 bridgehead atoms. The van der Waals surface area contributed by atoms with Crippen LogP contribution in [-0.4, -0.2) is 12.6 Å². The molecule has 18 heavy (non-hydrogen) atoms. The highest BCUT2D eigenvalue weighted by atomic mass is 15.2. The van der Waals surface area contributed by atoms with Crippen molar-refractivity contribution in [3.63, 3.8) is 0 Å². The Morgan fingerprint density at radius 1 is 1.17 bits per heavy atom. The van der Waals surface area contributed by atoms with Gasteiger partial charge in [0.15, 0.2) is 0 Å². The van der Waals surface area contributed by atoms with Crippen molar-refractivity contribution in [3.05, 3.63) is 24.3 Å². The summed E-state index contributed by atoms with van der Waals surface area (Å²) in [4.78, 5) is 2.55. The molecule has 1 aromatic rings. The minimum atomic E-state index is 0.673. The number of nitrogens with two attached hydrogens (primary N) is 1. The average molecular weight is 246 g/mol. The van der Waals surface area contributed by atoms with Gasteiger partial charge in [0.2, 0.25) is 0 Å². The number of hydrogen-bond acceptors (Lipinski definition) is 2. The zero-order chi connectivity index (χ0) is 13.0. The smallest absolute Gasteiger partial charge is 0.0602 e. The number of hydrogen-bond donors (Lipinski definition) is 1. The third-order valence-corrected chi connectivity index (χ3v) is 3.82. The molecule has 0 aromatic heterocycles. The van der Waals surface area contributed by atoms with Crippen molar-refractivity contribution in [1.82, 2.24) is 0 Å². The fourth-order valence-corrected chi connectivity index (χ4v) is 2.98. The molecule has 1 aromatic carbocycles. The van der Waals surface area contributed by atoms with Crippen LogP contribution in [0.1, 0.15) is 46.0 Å². The minimum Gasteiger partial charge on any atom is -0.397 e. The molecule has 0 amide bonds. The molecule has 0 spiro atoms. The molecule has 1 aliphatic rings. The predicted molar refractivity (Wildman–Crippen MR) is 79.9 cm³/mol. The fraction of sp³-hybridized carbons (Fsp3) is 0.625. The first-order valence-corrected chi connectivity index (χ1v) is 7.29. The summed E-state index contributed by atoms with van der Waals surface area (Å²) in [6.07, 6.45) is 6.77. The Balaban J connectivity index is 2.21. The maximum Gasteiger partial charge on any atom is 0.0602 e. The Kier molecular flexibility index (Phi) is 4.51. The zero-order valence-corrected chi connectivity index (χ0v) is 11.7. The van der Waals surface area contributed by atoms with Gasteiger partial charge in [0.05, 0.1) is 11.4 Å². The monoisotopic (exact) mass is 246 g/mol. The highest BCUT2D eigenvalue weighted by molar-refractivity contribution is 5.67. The lowest BCUT2D eigenvalue weighted by Crippen LogP contribution is -2.39. The van der Waals surface area contributed by atoms with Gasteiger partial charge in [0, 0.05) is 12.6 Å². The largest absolute Gasteiger partial charge is 0.397 e. The van der Waals surface area contributed by atoms with Crippen LogP contribution in [-0.2, 0) is 0 Å². The molecule has 0 saturated heterocycles. The van der Waals surface area contributed by atoms with Crippen molar-refractivity contribution >= 4 is 11.4 Å². The van der Waals surface area contributed by atoms with Gasteiger partial charge in [-0.3, -0.25) is 0 Å². The summed E-state index contributed by atoms with van der Waals surface area (Å²) in [5.74, 6) is 0.673. The fourth-order valence-electron chi connectivity index (χ4n) is 2.98. The molecule has 0 atom stereocenters. The topological polar surface area (TPSA) is 29.3 Å². The van der Waals surface area contributed by atoms with E-state index in [1.807, 2.05) is 12.1 Å². The molecule has 0 radical (unpaired) electrons. The Morgan fingerprint density at radius 3 is 2.44 bits per heavy atom. The van der Waals surface area contributed by atoms with Crippen molar-refractivity contribution in [2.75, 3.05) is 17.2 Å². The lowest BCUT2D eigenvalue weighted by molar-refractivity contribution is 0.401. The van der Waals surface area contributed by atoms with Crippen molar-refractivity contribution in [2.24, 2.45) is 5.92 Å². The molecule has 1 saturated carbocycles. The van der Waals surface area contributed by atoms with Crippen molar-refractivity contribution in [3.8, 4) is 0 Å². The normalized spacial score (nSPS) is 17.1. The first-order valence-electron chi connectivity index (χ1n) is 7.29. The molecular formula is C16H26N2. The summed E-state index contributed by atoms with van der Waals surface area (Å²) >= 11 is 0. The summed E-state index contributed by atoms with van der Waals surface area (Å²) in [6.45, 7) is 5.68. The van der Waals surface area contributed by atoms with Crippen LogP contribution in [0.2, 0.25) is 0 Å². The summed E-state index contributed by atoms with van der Waals surface area (Å²) in [7, 11) is 0. The van der Waals surface area contributed by atoms with E-state index >= 15 is 0 Å². The van der Waals surface area contributed by atoms with E-state index in [1.54, 1.807) is 0 Å². The van der Waals surface area contributed by atoms with E-state index in [9.17, 15) is 0 Å². The van der Waals surface area contributed by atoms with Crippen molar-refractivity contribution in [1.29, 1.82) is 0 Å². The second kappa shape index (κ2) is 6.12. The average Bonchev–Trinajstić information content (AvgIpc) is 2.38. The highest BCUT2D eigenvalue weighted by Gasteiger charge is 2.23. The second-order valence-corrected chi connectivity index (χ2v) is 5.90.